The second-order valence-corrected chi connectivity index (χ2v) is 6.73. The van der Waals surface area contributed by atoms with Crippen LogP contribution in [0.1, 0.15) is 43.6 Å². The van der Waals surface area contributed by atoms with Crippen molar-refractivity contribution in [2.75, 3.05) is 20.2 Å². The minimum Gasteiger partial charge on any atom is -0.381 e. The van der Waals surface area contributed by atoms with Gasteiger partial charge < -0.3 is 19.5 Å². The van der Waals surface area contributed by atoms with E-state index in [4.69, 9.17) is 4.74 Å². The highest BCUT2D eigenvalue weighted by molar-refractivity contribution is 5.74. The normalized spacial score (nSPS) is 16.5. The van der Waals surface area contributed by atoms with Crippen molar-refractivity contribution < 1.29 is 9.53 Å². The molecule has 1 fully saturated rings. The highest BCUT2D eigenvalue weighted by Gasteiger charge is 2.25. The summed E-state index contributed by atoms with van der Waals surface area (Å²) in [4.78, 5) is 19.1. The molecule has 0 bridgehead atoms. The van der Waals surface area contributed by atoms with Gasteiger partial charge in [0.1, 0.15) is 5.82 Å². The summed E-state index contributed by atoms with van der Waals surface area (Å²) in [5.41, 5.74) is 1.22. The topological polar surface area (TPSA) is 59.4 Å². The molecule has 1 N–H and O–H groups in total. The molecule has 0 aliphatic carbocycles. The average Bonchev–Trinajstić information content (AvgIpc) is 3.14. The number of piperidine rings is 1. The lowest BCUT2D eigenvalue weighted by molar-refractivity contribution is 0.0499. The quantitative estimate of drug-likeness (QED) is 0.865. The number of aromatic nitrogens is 2. The number of amides is 2. The van der Waals surface area contributed by atoms with Gasteiger partial charge >= 0.3 is 6.03 Å². The number of hydrogen-bond acceptors (Lipinski definition) is 3. The van der Waals surface area contributed by atoms with E-state index in [9.17, 15) is 4.79 Å². The fraction of sp³-hybridized carbons (Fsp3) is 0.500. The van der Waals surface area contributed by atoms with Gasteiger partial charge in [0.25, 0.3) is 0 Å². The molecule has 140 valence electrons. The van der Waals surface area contributed by atoms with Crippen LogP contribution in [0, 0.1) is 0 Å². The van der Waals surface area contributed by atoms with Crippen molar-refractivity contribution in [1.29, 1.82) is 0 Å². The summed E-state index contributed by atoms with van der Waals surface area (Å²) in [5, 5.41) is 3.16. The summed E-state index contributed by atoms with van der Waals surface area (Å²) in [6, 6.07) is 10.2. The molecule has 0 spiro atoms. The number of methoxy groups -OCH3 is 1. The Kier molecular flexibility index (Phi) is 6.28. The van der Waals surface area contributed by atoms with Gasteiger partial charge in [-0.05, 0) is 24.8 Å². The molecule has 6 nitrogen and oxygen atoms in total. The molecule has 0 radical (unpaired) electrons. The third-order valence-electron chi connectivity index (χ3n) is 5.02. The van der Waals surface area contributed by atoms with Crippen LogP contribution in [0.4, 0.5) is 4.79 Å². The van der Waals surface area contributed by atoms with Crippen LogP contribution in [0.5, 0.6) is 0 Å². The van der Waals surface area contributed by atoms with E-state index in [-0.39, 0.29) is 18.2 Å². The van der Waals surface area contributed by atoms with Crippen LogP contribution in [0.3, 0.4) is 0 Å². The number of hydrogen-bond donors (Lipinski definition) is 1. The lowest BCUT2D eigenvalue weighted by Gasteiger charge is -2.32. The molecule has 1 saturated heterocycles. The Balaban J connectivity index is 1.64. The maximum absolute atomic E-state index is 12.7. The largest absolute Gasteiger partial charge is 0.381 e. The third-order valence-corrected chi connectivity index (χ3v) is 5.02. The summed E-state index contributed by atoms with van der Waals surface area (Å²) in [6.07, 6.45) is 6.63. The zero-order chi connectivity index (χ0) is 18.4. The second-order valence-electron chi connectivity index (χ2n) is 6.73. The van der Waals surface area contributed by atoms with Crippen LogP contribution < -0.4 is 5.32 Å². The first-order valence-electron chi connectivity index (χ1n) is 9.34. The molecular weight excluding hydrogens is 328 g/mol. The second kappa shape index (κ2) is 8.85. The lowest BCUT2D eigenvalue weighted by Crippen LogP contribution is -2.47. The first-order chi connectivity index (χ1) is 12.7. The number of ether oxygens (including phenoxy) is 1. The minimum atomic E-state index is -0.0960. The molecule has 1 unspecified atom stereocenters. The summed E-state index contributed by atoms with van der Waals surface area (Å²) >= 11 is 0. The van der Waals surface area contributed by atoms with Gasteiger partial charge in [-0.1, -0.05) is 37.3 Å². The summed E-state index contributed by atoms with van der Waals surface area (Å²) in [7, 11) is 1.74. The SMILES string of the molecule is CCC(NC(=O)N1CCC(OC)CC1)c1nccn1Cc1ccccc1. The van der Waals surface area contributed by atoms with Crippen LogP contribution in [-0.4, -0.2) is 46.8 Å². The van der Waals surface area contributed by atoms with E-state index >= 15 is 0 Å². The fourth-order valence-electron chi connectivity index (χ4n) is 3.43. The van der Waals surface area contributed by atoms with Crippen molar-refractivity contribution in [3.8, 4) is 0 Å². The smallest absolute Gasteiger partial charge is 0.317 e. The minimum absolute atomic E-state index is 0.0133. The number of imidazole rings is 1. The number of nitrogens with one attached hydrogen (secondary N) is 1. The predicted molar refractivity (Wildman–Crippen MR) is 101 cm³/mol. The molecule has 1 aromatic heterocycles. The Morgan fingerprint density at radius 3 is 2.69 bits per heavy atom. The van der Waals surface area contributed by atoms with Gasteiger partial charge in [0.05, 0.1) is 12.1 Å². The number of rotatable bonds is 6. The van der Waals surface area contributed by atoms with Crippen molar-refractivity contribution >= 4 is 6.03 Å². The van der Waals surface area contributed by atoms with Gasteiger partial charge in [0.2, 0.25) is 0 Å². The molecule has 3 rings (SSSR count). The van der Waals surface area contributed by atoms with Crippen molar-refractivity contribution in [3.63, 3.8) is 0 Å². The van der Waals surface area contributed by atoms with Crippen molar-refractivity contribution in [3.05, 3.63) is 54.1 Å². The van der Waals surface area contributed by atoms with Gasteiger partial charge in [-0.2, -0.15) is 0 Å². The van der Waals surface area contributed by atoms with Crippen molar-refractivity contribution in [2.24, 2.45) is 0 Å². The standard InChI is InChI=1S/C20H28N4O2/c1-3-18(22-20(25)23-12-9-17(26-2)10-13-23)19-21-11-14-24(19)15-16-7-5-4-6-8-16/h4-8,11,14,17-18H,3,9-10,12-13,15H2,1-2H3,(H,22,25). The van der Waals surface area contributed by atoms with Crippen LogP contribution in [0.15, 0.2) is 42.7 Å². The molecule has 26 heavy (non-hydrogen) atoms. The summed E-state index contributed by atoms with van der Waals surface area (Å²) in [6.45, 7) is 4.30. The maximum atomic E-state index is 12.7. The average molecular weight is 356 g/mol. The van der Waals surface area contributed by atoms with Crippen LogP contribution in [-0.2, 0) is 11.3 Å². The van der Waals surface area contributed by atoms with Gasteiger partial charge in [-0.3, -0.25) is 0 Å². The van der Waals surface area contributed by atoms with Crippen LogP contribution in [0.2, 0.25) is 0 Å². The number of benzene rings is 1. The van der Waals surface area contributed by atoms with Crippen molar-refractivity contribution in [1.82, 2.24) is 19.8 Å². The monoisotopic (exact) mass is 356 g/mol. The number of carbonyl (C=O) groups is 1. The Labute approximate surface area is 155 Å². The Bertz CT molecular complexity index is 693. The molecule has 2 heterocycles. The van der Waals surface area contributed by atoms with E-state index < -0.39 is 0 Å². The Morgan fingerprint density at radius 1 is 1.31 bits per heavy atom. The molecular formula is C20H28N4O2. The van der Waals surface area contributed by atoms with Gasteiger partial charge in [-0.25, -0.2) is 9.78 Å². The molecule has 1 aliphatic rings. The van der Waals surface area contributed by atoms with E-state index in [1.165, 1.54) is 5.56 Å². The first-order valence-corrected chi connectivity index (χ1v) is 9.34. The number of nitrogens with zero attached hydrogens (tertiary/aromatic N) is 3. The van der Waals surface area contributed by atoms with Gasteiger partial charge in [0.15, 0.2) is 0 Å². The Morgan fingerprint density at radius 2 is 2.04 bits per heavy atom. The number of likely N-dealkylation sites (tertiary alicyclic amines) is 1. The molecule has 0 saturated carbocycles. The molecule has 1 aliphatic heterocycles. The molecule has 2 amide bonds. The predicted octanol–water partition coefficient (Wildman–Crippen LogP) is 3.20. The maximum Gasteiger partial charge on any atom is 0.317 e. The van der Waals surface area contributed by atoms with Crippen LogP contribution in [0.25, 0.3) is 0 Å². The van der Waals surface area contributed by atoms with E-state index in [2.05, 4.69) is 33.9 Å². The fourth-order valence-corrected chi connectivity index (χ4v) is 3.43. The van der Waals surface area contributed by atoms with E-state index in [0.717, 1.165) is 44.7 Å². The number of carbonyl (C=O) groups excluding carboxylic acids is 1. The highest BCUT2D eigenvalue weighted by atomic mass is 16.5. The molecule has 1 atom stereocenters. The number of urea groups is 1. The van der Waals surface area contributed by atoms with E-state index in [1.54, 1.807) is 13.3 Å². The lowest BCUT2D eigenvalue weighted by atomic mass is 10.1. The zero-order valence-electron chi connectivity index (χ0n) is 15.6. The van der Waals surface area contributed by atoms with E-state index in [0.29, 0.717) is 0 Å². The van der Waals surface area contributed by atoms with Gasteiger partial charge in [-0.15, -0.1) is 0 Å². The summed E-state index contributed by atoms with van der Waals surface area (Å²) in [5.74, 6) is 0.900. The third kappa shape index (κ3) is 4.43. The van der Waals surface area contributed by atoms with Gasteiger partial charge in [0, 0.05) is 39.1 Å². The summed E-state index contributed by atoms with van der Waals surface area (Å²) < 4.78 is 7.49. The van der Waals surface area contributed by atoms with E-state index in [1.807, 2.05) is 29.3 Å². The Hall–Kier alpha value is -2.34. The zero-order valence-corrected chi connectivity index (χ0v) is 15.6. The van der Waals surface area contributed by atoms with Crippen molar-refractivity contribution in [2.45, 2.75) is 44.9 Å². The molecule has 1 aromatic carbocycles. The first kappa shape index (κ1) is 18.5. The molecule has 2 aromatic rings. The molecule has 6 heteroatoms. The van der Waals surface area contributed by atoms with Crippen LogP contribution >= 0.6 is 0 Å². The highest BCUT2D eigenvalue weighted by Crippen LogP contribution is 2.18.